The van der Waals surface area contributed by atoms with Crippen LogP contribution in [0.1, 0.15) is 40.7 Å². The lowest BCUT2D eigenvalue weighted by Crippen LogP contribution is -2.06. The van der Waals surface area contributed by atoms with Crippen molar-refractivity contribution in [3.05, 3.63) is 70.9 Å². The molecule has 0 radical (unpaired) electrons. The van der Waals surface area contributed by atoms with Crippen molar-refractivity contribution in [2.24, 2.45) is 4.99 Å². The number of nitrogens with zero attached hydrogens (tertiary/aromatic N) is 1. The lowest BCUT2D eigenvalue weighted by Gasteiger charge is -2.08. The second-order valence-corrected chi connectivity index (χ2v) is 5.92. The van der Waals surface area contributed by atoms with Crippen LogP contribution < -0.4 is 0 Å². The lowest BCUT2D eigenvalue weighted by molar-refractivity contribution is 0.103. The largest absolute Gasteiger partial charge is 0.508 e. The number of ketones is 1. The van der Waals surface area contributed by atoms with Crippen molar-refractivity contribution in [2.75, 3.05) is 0 Å². The standard InChI is InChI=1S/C20H19NO3/c1-13-11-14(9-10-19(13)23)17-7-2-3-8-18(21-17)20(24)15-5-4-6-16(22)12-15/h4-6,8-12,22-23H,2-3,7H2,1H3. The molecule has 1 heterocycles. The molecule has 0 aliphatic carbocycles. The van der Waals surface area contributed by atoms with Gasteiger partial charge in [-0.25, -0.2) is 4.99 Å². The van der Waals surface area contributed by atoms with Gasteiger partial charge >= 0.3 is 0 Å². The van der Waals surface area contributed by atoms with Crippen LogP contribution in [0.3, 0.4) is 0 Å². The van der Waals surface area contributed by atoms with E-state index in [2.05, 4.69) is 4.99 Å². The number of allylic oxidation sites excluding steroid dienone is 2. The van der Waals surface area contributed by atoms with Crippen LogP contribution in [0.15, 0.2) is 59.2 Å². The number of aliphatic imine (C=N–C) groups is 1. The first-order valence-electron chi connectivity index (χ1n) is 7.96. The second kappa shape index (κ2) is 6.71. The van der Waals surface area contributed by atoms with E-state index in [-0.39, 0.29) is 17.3 Å². The number of aromatic hydroxyl groups is 2. The van der Waals surface area contributed by atoms with Gasteiger partial charge in [-0.15, -0.1) is 0 Å². The van der Waals surface area contributed by atoms with Crippen LogP contribution in [0.2, 0.25) is 0 Å². The predicted molar refractivity (Wildman–Crippen MR) is 93.8 cm³/mol. The van der Waals surface area contributed by atoms with E-state index >= 15 is 0 Å². The van der Waals surface area contributed by atoms with Gasteiger partial charge in [-0.3, -0.25) is 4.79 Å². The van der Waals surface area contributed by atoms with E-state index in [1.807, 2.05) is 25.1 Å². The topological polar surface area (TPSA) is 69.9 Å². The summed E-state index contributed by atoms with van der Waals surface area (Å²) in [5, 5.41) is 19.3. The van der Waals surface area contributed by atoms with Crippen molar-refractivity contribution in [3.63, 3.8) is 0 Å². The molecule has 0 fully saturated rings. The van der Waals surface area contributed by atoms with Crippen LogP contribution in [0.4, 0.5) is 0 Å². The summed E-state index contributed by atoms with van der Waals surface area (Å²) in [6, 6.07) is 11.7. The Kier molecular flexibility index (Phi) is 4.47. The summed E-state index contributed by atoms with van der Waals surface area (Å²) in [5.74, 6) is 0.119. The minimum atomic E-state index is -0.194. The summed E-state index contributed by atoms with van der Waals surface area (Å²) in [6.45, 7) is 1.84. The molecule has 0 unspecified atom stereocenters. The number of phenols is 2. The third-order valence-electron chi connectivity index (χ3n) is 4.08. The zero-order chi connectivity index (χ0) is 17.1. The van der Waals surface area contributed by atoms with E-state index in [4.69, 9.17) is 0 Å². The van der Waals surface area contributed by atoms with Gasteiger partial charge in [0.1, 0.15) is 17.2 Å². The normalized spacial score (nSPS) is 14.5. The average molecular weight is 321 g/mol. The number of carbonyl (C=O) groups excluding carboxylic acids is 1. The molecule has 2 N–H and O–H groups in total. The molecule has 4 heteroatoms. The molecule has 0 amide bonds. The number of carbonyl (C=O) groups is 1. The Morgan fingerprint density at radius 1 is 1.12 bits per heavy atom. The Hall–Kier alpha value is -2.88. The fraction of sp³-hybridized carbons (Fsp3) is 0.200. The molecule has 0 saturated carbocycles. The summed E-state index contributed by atoms with van der Waals surface area (Å²) in [7, 11) is 0. The van der Waals surface area contributed by atoms with Gasteiger partial charge in [-0.2, -0.15) is 0 Å². The molecule has 2 aromatic carbocycles. The van der Waals surface area contributed by atoms with E-state index in [9.17, 15) is 15.0 Å². The summed E-state index contributed by atoms with van der Waals surface area (Å²) < 4.78 is 0. The molecule has 0 aromatic heterocycles. The van der Waals surface area contributed by atoms with Gasteiger partial charge in [0.15, 0.2) is 0 Å². The highest BCUT2D eigenvalue weighted by Gasteiger charge is 2.16. The molecule has 24 heavy (non-hydrogen) atoms. The molecular weight excluding hydrogens is 302 g/mol. The first-order valence-corrected chi connectivity index (χ1v) is 7.96. The zero-order valence-electron chi connectivity index (χ0n) is 13.5. The van der Waals surface area contributed by atoms with Crippen molar-refractivity contribution in [3.8, 4) is 11.5 Å². The number of rotatable bonds is 3. The second-order valence-electron chi connectivity index (χ2n) is 5.92. The van der Waals surface area contributed by atoms with Gasteiger partial charge in [0.25, 0.3) is 0 Å². The van der Waals surface area contributed by atoms with Crippen molar-refractivity contribution in [1.82, 2.24) is 0 Å². The van der Waals surface area contributed by atoms with E-state index in [1.54, 1.807) is 18.2 Å². The van der Waals surface area contributed by atoms with Gasteiger partial charge in [0, 0.05) is 11.3 Å². The maximum absolute atomic E-state index is 12.7. The van der Waals surface area contributed by atoms with Crippen LogP contribution in [0.25, 0.3) is 0 Å². The first kappa shape index (κ1) is 16.0. The summed E-state index contributed by atoms with van der Waals surface area (Å²) in [4.78, 5) is 17.3. The molecule has 0 atom stereocenters. The highest BCUT2D eigenvalue weighted by atomic mass is 16.3. The van der Waals surface area contributed by atoms with E-state index in [1.165, 1.54) is 12.1 Å². The Morgan fingerprint density at radius 3 is 2.71 bits per heavy atom. The van der Waals surface area contributed by atoms with Crippen molar-refractivity contribution in [1.29, 1.82) is 0 Å². The number of hydrogen-bond acceptors (Lipinski definition) is 4. The Bertz CT molecular complexity index is 850. The Balaban J connectivity index is 1.96. The minimum absolute atomic E-state index is 0.0634. The maximum atomic E-state index is 12.7. The van der Waals surface area contributed by atoms with Crippen molar-refractivity contribution >= 4 is 11.5 Å². The van der Waals surface area contributed by atoms with Gasteiger partial charge in [0.05, 0.1) is 0 Å². The SMILES string of the molecule is Cc1cc(C2=NC(C(=O)c3cccc(O)c3)=CCCC2)ccc1O. The fourth-order valence-electron chi connectivity index (χ4n) is 2.74. The van der Waals surface area contributed by atoms with Gasteiger partial charge < -0.3 is 10.2 Å². The fourth-order valence-corrected chi connectivity index (χ4v) is 2.74. The molecule has 0 bridgehead atoms. The Morgan fingerprint density at radius 2 is 1.96 bits per heavy atom. The molecule has 3 rings (SSSR count). The molecular formula is C20H19NO3. The highest BCUT2D eigenvalue weighted by Crippen LogP contribution is 2.23. The number of hydrogen-bond donors (Lipinski definition) is 2. The predicted octanol–water partition coefficient (Wildman–Crippen LogP) is 4.15. The Labute approximate surface area is 140 Å². The minimum Gasteiger partial charge on any atom is -0.508 e. The molecule has 4 nitrogen and oxygen atoms in total. The van der Waals surface area contributed by atoms with Gasteiger partial charge in [0.2, 0.25) is 5.78 Å². The number of phenolic OH excluding ortho intramolecular Hbond substituents is 2. The van der Waals surface area contributed by atoms with Crippen molar-refractivity contribution < 1.29 is 15.0 Å². The van der Waals surface area contributed by atoms with E-state index in [0.29, 0.717) is 11.3 Å². The van der Waals surface area contributed by atoms with Gasteiger partial charge in [-0.1, -0.05) is 18.2 Å². The van der Waals surface area contributed by atoms with Crippen LogP contribution in [0, 0.1) is 6.92 Å². The molecule has 0 saturated heterocycles. The number of benzene rings is 2. The van der Waals surface area contributed by atoms with Crippen LogP contribution >= 0.6 is 0 Å². The molecule has 0 spiro atoms. The van der Waals surface area contributed by atoms with Crippen LogP contribution in [-0.2, 0) is 0 Å². The lowest BCUT2D eigenvalue weighted by atomic mass is 10.0. The third kappa shape index (κ3) is 3.38. The number of aryl methyl sites for hydroxylation is 1. The zero-order valence-corrected chi connectivity index (χ0v) is 13.5. The quantitative estimate of drug-likeness (QED) is 0.835. The van der Waals surface area contributed by atoms with E-state index in [0.717, 1.165) is 36.1 Å². The first-order chi connectivity index (χ1) is 11.5. The van der Waals surface area contributed by atoms with Crippen LogP contribution in [-0.4, -0.2) is 21.7 Å². The smallest absolute Gasteiger partial charge is 0.211 e. The summed E-state index contributed by atoms with van der Waals surface area (Å²) >= 11 is 0. The van der Waals surface area contributed by atoms with Gasteiger partial charge in [-0.05, 0) is 67.6 Å². The highest BCUT2D eigenvalue weighted by molar-refractivity contribution is 6.12. The number of Topliss-reactive ketones (excluding diaryl/α,β-unsaturated/α-hetero) is 1. The molecule has 1 aliphatic rings. The molecule has 1 aliphatic heterocycles. The van der Waals surface area contributed by atoms with Crippen LogP contribution in [0.5, 0.6) is 11.5 Å². The summed E-state index contributed by atoms with van der Waals surface area (Å²) in [5.41, 5.74) is 3.37. The van der Waals surface area contributed by atoms with Crippen molar-refractivity contribution in [2.45, 2.75) is 26.2 Å². The summed E-state index contributed by atoms with van der Waals surface area (Å²) in [6.07, 6.45) is 4.32. The monoisotopic (exact) mass is 321 g/mol. The van der Waals surface area contributed by atoms with E-state index < -0.39 is 0 Å². The molecule has 122 valence electrons. The molecule has 2 aromatic rings. The third-order valence-corrected chi connectivity index (χ3v) is 4.08. The average Bonchev–Trinajstić information content (AvgIpc) is 2.83. The maximum Gasteiger partial charge on any atom is 0.211 e.